The van der Waals surface area contributed by atoms with Gasteiger partial charge in [-0.05, 0) is 39.3 Å². The van der Waals surface area contributed by atoms with Crippen LogP contribution in [0.5, 0.6) is 0 Å². The van der Waals surface area contributed by atoms with Gasteiger partial charge in [-0.15, -0.1) is 5.10 Å². The predicted octanol–water partition coefficient (Wildman–Crippen LogP) is 0.346. The second kappa shape index (κ2) is 6.09. The Bertz CT molecular complexity index is 540. The van der Waals surface area contributed by atoms with Gasteiger partial charge in [-0.2, -0.15) is 4.98 Å². The van der Waals surface area contributed by atoms with Crippen LogP contribution in [0.3, 0.4) is 0 Å². The van der Waals surface area contributed by atoms with Crippen molar-refractivity contribution >= 4 is 15.8 Å². The average Bonchev–Trinajstić information content (AvgIpc) is 2.87. The molecule has 2 unspecified atom stereocenters. The highest BCUT2D eigenvalue weighted by molar-refractivity contribution is 7.90. The third-order valence-electron chi connectivity index (χ3n) is 3.81. The lowest BCUT2D eigenvalue weighted by molar-refractivity contribution is 0.399. The summed E-state index contributed by atoms with van der Waals surface area (Å²) in [5.41, 5.74) is 0. The molecule has 0 aliphatic carbocycles. The summed E-state index contributed by atoms with van der Waals surface area (Å²) < 4.78 is 23.1. The number of aromatic amines is 1. The summed E-state index contributed by atoms with van der Waals surface area (Å²) in [6, 6.07) is 0. The fourth-order valence-electron chi connectivity index (χ4n) is 2.49. The van der Waals surface area contributed by atoms with Gasteiger partial charge in [-0.1, -0.05) is 0 Å². The topological polar surface area (TPSA) is 91.0 Å². The van der Waals surface area contributed by atoms with Crippen LogP contribution in [-0.4, -0.2) is 56.5 Å². The van der Waals surface area contributed by atoms with E-state index in [1.165, 1.54) is 12.7 Å². The van der Waals surface area contributed by atoms with E-state index in [4.69, 9.17) is 0 Å². The SMILES string of the molecule is CNCC1CCCN(c2n[nH]c(C(C)S(C)(=O)=O)n2)C1. The van der Waals surface area contributed by atoms with Gasteiger partial charge in [0.2, 0.25) is 5.95 Å². The smallest absolute Gasteiger partial charge is 0.244 e. The lowest BCUT2D eigenvalue weighted by Crippen LogP contribution is -2.39. The molecule has 0 aromatic carbocycles. The van der Waals surface area contributed by atoms with Crippen molar-refractivity contribution in [1.82, 2.24) is 20.5 Å². The van der Waals surface area contributed by atoms with Crippen LogP contribution in [0, 0.1) is 5.92 Å². The molecule has 0 amide bonds. The zero-order valence-electron chi connectivity index (χ0n) is 12.3. The molecule has 0 spiro atoms. The van der Waals surface area contributed by atoms with Crippen molar-refractivity contribution in [2.24, 2.45) is 5.92 Å². The number of hydrogen-bond acceptors (Lipinski definition) is 6. The van der Waals surface area contributed by atoms with Crippen molar-refractivity contribution in [2.45, 2.75) is 25.0 Å². The van der Waals surface area contributed by atoms with Gasteiger partial charge in [0.05, 0.1) is 0 Å². The van der Waals surface area contributed by atoms with Crippen molar-refractivity contribution in [1.29, 1.82) is 0 Å². The molecule has 0 saturated carbocycles. The molecular weight excluding hydrogens is 278 g/mol. The second-order valence-electron chi connectivity index (χ2n) is 5.50. The highest BCUT2D eigenvalue weighted by Gasteiger charge is 2.25. The molecule has 0 bridgehead atoms. The summed E-state index contributed by atoms with van der Waals surface area (Å²) >= 11 is 0. The minimum atomic E-state index is -3.15. The van der Waals surface area contributed by atoms with Crippen molar-refractivity contribution < 1.29 is 8.42 Å². The zero-order chi connectivity index (χ0) is 14.8. The maximum absolute atomic E-state index is 11.5. The van der Waals surface area contributed by atoms with E-state index in [-0.39, 0.29) is 0 Å². The van der Waals surface area contributed by atoms with E-state index in [2.05, 4.69) is 25.4 Å². The molecule has 1 aliphatic rings. The van der Waals surface area contributed by atoms with E-state index in [0.717, 1.165) is 26.1 Å². The Morgan fingerprint density at radius 1 is 1.55 bits per heavy atom. The number of nitrogens with one attached hydrogen (secondary N) is 2. The predicted molar refractivity (Wildman–Crippen MR) is 78.5 cm³/mol. The van der Waals surface area contributed by atoms with E-state index in [1.54, 1.807) is 6.92 Å². The molecule has 0 radical (unpaired) electrons. The standard InChI is InChI=1S/C12H23N5O2S/c1-9(20(3,18)19)11-14-12(16-15-11)17-6-4-5-10(8-17)7-13-2/h9-10,13H,4-8H2,1-3H3,(H,14,15,16). The molecule has 2 rings (SSSR count). The summed E-state index contributed by atoms with van der Waals surface area (Å²) in [5.74, 6) is 1.61. The molecule has 2 heterocycles. The third kappa shape index (κ3) is 3.49. The normalized spacial score (nSPS) is 21.9. The lowest BCUT2D eigenvalue weighted by atomic mass is 9.98. The fourth-order valence-corrected chi connectivity index (χ4v) is 3.00. The number of piperidine rings is 1. The van der Waals surface area contributed by atoms with Crippen LogP contribution in [0.4, 0.5) is 5.95 Å². The van der Waals surface area contributed by atoms with Gasteiger partial charge in [-0.3, -0.25) is 5.10 Å². The highest BCUT2D eigenvalue weighted by Crippen LogP contribution is 2.23. The number of sulfone groups is 1. The number of anilines is 1. The first-order valence-corrected chi connectivity index (χ1v) is 8.88. The number of hydrogen-bond donors (Lipinski definition) is 2. The second-order valence-corrected chi connectivity index (χ2v) is 7.87. The number of rotatable bonds is 5. The quantitative estimate of drug-likeness (QED) is 0.815. The summed E-state index contributed by atoms with van der Waals surface area (Å²) in [6.45, 7) is 4.43. The molecule has 1 aromatic heterocycles. The van der Waals surface area contributed by atoms with Crippen LogP contribution >= 0.6 is 0 Å². The van der Waals surface area contributed by atoms with Crippen LogP contribution in [0.1, 0.15) is 30.8 Å². The monoisotopic (exact) mass is 301 g/mol. The lowest BCUT2D eigenvalue weighted by Gasteiger charge is -2.31. The Balaban J connectivity index is 2.08. The van der Waals surface area contributed by atoms with Gasteiger partial charge in [0, 0.05) is 19.3 Å². The summed E-state index contributed by atoms with van der Waals surface area (Å²) in [5, 5.41) is 9.48. The fraction of sp³-hybridized carbons (Fsp3) is 0.833. The van der Waals surface area contributed by atoms with E-state index in [9.17, 15) is 8.42 Å². The molecule has 1 fully saturated rings. The maximum atomic E-state index is 11.5. The zero-order valence-corrected chi connectivity index (χ0v) is 13.1. The summed E-state index contributed by atoms with van der Waals surface area (Å²) in [7, 11) is -1.20. The molecule has 20 heavy (non-hydrogen) atoms. The van der Waals surface area contributed by atoms with Gasteiger partial charge < -0.3 is 10.2 Å². The Hall–Kier alpha value is -1.15. The highest BCUT2D eigenvalue weighted by atomic mass is 32.2. The van der Waals surface area contributed by atoms with Crippen LogP contribution in [0.25, 0.3) is 0 Å². The van der Waals surface area contributed by atoms with Gasteiger partial charge in [-0.25, -0.2) is 8.42 Å². The first-order chi connectivity index (χ1) is 9.41. The molecule has 8 heteroatoms. The molecule has 7 nitrogen and oxygen atoms in total. The molecule has 114 valence electrons. The van der Waals surface area contributed by atoms with E-state index >= 15 is 0 Å². The molecular formula is C12H23N5O2S. The van der Waals surface area contributed by atoms with Crippen molar-refractivity contribution in [3.8, 4) is 0 Å². The van der Waals surface area contributed by atoms with Gasteiger partial charge in [0.1, 0.15) is 11.1 Å². The Labute approximate surface area is 120 Å². The minimum Gasteiger partial charge on any atom is -0.339 e. The molecule has 2 N–H and O–H groups in total. The van der Waals surface area contributed by atoms with Crippen molar-refractivity contribution in [3.63, 3.8) is 0 Å². The summed E-state index contributed by atoms with van der Waals surface area (Å²) in [6.07, 6.45) is 3.52. The van der Waals surface area contributed by atoms with Gasteiger partial charge in [0.15, 0.2) is 9.84 Å². The van der Waals surface area contributed by atoms with E-state index < -0.39 is 15.1 Å². The Morgan fingerprint density at radius 2 is 2.30 bits per heavy atom. The summed E-state index contributed by atoms with van der Waals surface area (Å²) in [4.78, 5) is 6.48. The van der Waals surface area contributed by atoms with E-state index in [0.29, 0.717) is 17.7 Å². The van der Waals surface area contributed by atoms with Crippen LogP contribution < -0.4 is 10.2 Å². The first kappa shape index (κ1) is 15.2. The first-order valence-electron chi connectivity index (χ1n) is 6.92. The van der Waals surface area contributed by atoms with Crippen molar-refractivity contribution in [2.75, 3.05) is 37.8 Å². The van der Waals surface area contributed by atoms with Crippen LogP contribution in [0.15, 0.2) is 0 Å². The number of H-pyrrole nitrogens is 1. The number of aromatic nitrogens is 3. The third-order valence-corrected chi connectivity index (χ3v) is 5.32. The minimum absolute atomic E-state index is 0.415. The molecule has 2 atom stereocenters. The average molecular weight is 301 g/mol. The van der Waals surface area contributed by atoms with E-state index in [1.807, 2.05) is 7.05 Å². The Kier molecular flexibility index (Phi) is 4.64. The molecule has 1 aliphatic heterocycles. The van der Waals surface area contributed by atoms with Crippen LogP contribution in [-0.2, 0) is 9.84 Å². The maximum Gasteiger partial charge on any atom is 0.244 e. The molecule has 1 saturated heterocycles. The van der Waals surface area contributed by atoms with Gasteiger partial charge >= 0.3 is 0 Å². The largest absolute Gasteiger partial charge is 0.339 e. The van der Waals surface area contributed by atoms with Crippen LogP contribution in [0.2, 0.25) is 0 Å². The Morgan fingerprint density at radius 3 is 2.95 bits per heavy atom. The number of nitrogens with zero attached hydrogens (tertiary/aromatic N) is 3. The molecule has 1 aromatic rings. The van der Waals surface area contributed by atoms with Gasteiger partial charge in [0.25, 0.3) is 0 Å². The van der Waals surface area contributed by atoms with Crippen molar-refractivity contribution in [3.05, 3.63) is 5.82 Å².